The summed E-state index contributed by atoms with van der Waals surface area (Å²) in [5.74, 6) is 0.187. The summed E-state index contributed by atoms with van der Waals surface area (Å²) in [5.41, 5.74) is 1.24. The van der Waals surface area contributed by atoms with Crippen LogP contribution in [0.25, 0.3) is 10.8 Å². The summed E-state index contributed by atoms with van der Waals surface area (Å²) in [7, 11) is 0. The average molecular weight is 200 g/mol. The molecular weight excluding hydrogens is 188 g/mol. The molecule has 2 aromatic rings. The van der Waals surface area contributed by atoms with Crippen LogP contribution < -0.4 is 0 Å². The molecule has 0 radical (unpaired) electrons. The van der Waals surface area contributed by atoms with Crippen LogP contribution in [0.2, 0.25) is 0 Å². The SMILES string of the molecule is CC(=O)c1cc2ccccc2c(O)c1C. The second-order valence-electron chi connectivity index (χ2n) is 3.68. The summed E-state index contributed by atoms with van der Waals surface area (Å²) in [6.45, 7) is 3.27. The fourth-order valence-corrected chi connectivity index (χ4v) is 1.80. The molecule has 0 aliphatic carbocycles. The van der Waals surface area contributed by atoms with Crippen molar-refractivity contribution in [3.63, 3.8) is 0 Å². The van der Waals surface area contributed by atoms with Gasteiger partial charge in [-0.25, -0.2) is 0 Å². The summed E-state index contributed by atoms with van der Waals surface area (Å²) < 4.78 is 0. The molecule has 0 aliphatic rings. The van der Waals surface area contributed by atoms with Gasteiger partial charge in [0.05, 0.1) is 0 Å². The third-order valence-corrected chi connectivity index (χ3v) is 2.65. The van der Waals surface area contributed by atoms with E-state index in [4.69, 9.17) is 0 Å². The number of hydrogen-bond acceptors (Lipinski definition) is 2. The minimum absolute atomic E-state index is 0.0199. The first-order valence-corrected chi connectivity index (χ1v) is 4.83. The Morgan fingerprint density at radius 3 is 2.60 bits per heavy atom. The predicted octanol–water partition coefficient (Wildman–Crippen LogP) is 3.06. The van der Waals surface area contributed by atoms with Gasteiger partial charge in [0.15, 0.2) is 5.78 Å². The molecule has 0 aliphatic heterocycles. The Bertz CT molecular complexity index is 541. The topological polar surface area (TPSA) is 37.3 Å². The van der Waals surface area contributed by atoms with Gasteiger partial charge in [-0.05, 0) is 25.3 Å². The minimum atomic E-state index is -0.0199. The van der Waals surface area contributed by atoms with Gasteiger partial charge in [0, 0.05) is 16.5 Å². The lowest BCUT2D eigenvalue weighted by Crippen LogP contribution is -1.96. The molecule has 2 aromatic carbocycles. The Labute approximate surface area is 88.2 Å². The van der Waals surface area contributed by atoms with Crippen LogP contribution >= 0.6 is 0 Å². The molecule has 2 nitrogen and oxygen atoms in total. The number of carbonyl (C=O) groups excluding carboxylic acids is 1. The number of benzene rings is 2. The van der Waals surface area contributed by atoms with E-state index in [9.17, 15) is 9.90 Å². The molecule has 0 atom stereocenters. The van der Waals surface area contributed by atoms with Gasteiger partial charge >= 0.3 is 0 Å². The number of fused-ring (bicyclic) bond motifs is 1. The molecule has 1 N–H and O–H groups in total. The van der Waals surface area contributed by atoms with Gasteiger partial charge < -0.3 is 5.11 Å². The molecular formula is C13H12O2. The zero-order valence-corrected chi connectivity index (χ0v) is 8.74. The molecule has 0 fully saturated rings. The van der Waals surface area contributed by atoms with E-state index in [1.807, 2.05) is 30.3 Å². The van der Waals surface area contributed by atoms with Gasteiger partial charge in [-0.1, -0.05) is 24.3 Å². The van der Waals surface area contributed by atoms with Crippen LogP contribution in [0.4, 0.5) is 0 Å². The molecule has 0 amide bonds. The number of ketones is 1. The first kappa shape index (κ1) is 9.71. The number of Topliss-reactive ketones (excluding diaryl/α,β-unsaturated/α-hetero) is 1. The van der Waals surface area contributed by atoms with Crippen LogP contribution in [0.3, 0.4) is 0 Å². The number of hydrogen-bond donors (Lipinski definition) is 1. The summed E-state index contributed by atoms with van der Waals surface area (Å²) in [4.78, 5) is 11.4. The average Bonchev–Trinajstić information content (AvgIpc) is 2.23. The minimum Gasteiger partial charge on any atom is -0.507 e. The lowest BCUT2D eigenvalue weighted by molar-refractivity contribution is 0.101. The Hall–Kier alpha value is -1.83. The van der Waals surface area contributed by atoms with Crippen molar-refractivity contribution in [1.29, 1.82) is 0 Å². The molecule has 0 bridgehead atoms. The monoisotopic (exact) mass is 200 g/mol. The normalized spacial score (nSPS) is 10.5. The fraction of sp³-hybridized carbons (Fsp3) is 0.154. The van der Waals surface area contributed by atoms with Gasteiger partial charge in [0.1, 0.15) is 5.75 Å². The van der Waals surface area contributed by atoms with Crippen molar-refractivity contribution in [2.45, 2.75) is 13.8 Å². The summed E-state index contributed by atoms with van der Waals surface area (Å²) >= 11 is 0. The molecule has 2 rings (SSSR count). The summed E-state index contributed by atoms with van der Waals surface area (Å²) in [5, 5.41) is 11.6. The van der Waals surface area contributed by atoms with Crippen molar-refractivity contribution >= 4 is 16.6 Å². The Kier molecular flexibility index (Phi) is 2.19. The number of aromatic hydroxyl groups is 1. The highest BCUT2D eigenvalue weighted by atomic mass is 16.3. The van der Waals surface area contributed by atoms with Gasteiger partial charge in [-0.3, -0.25) is 4.79 Å². The van der Waals surface area contributed by atoms with Crippen LogP contribution in [-0.4, -0.2) is 10.9 Å². The molecule has 0 saturated carbocycles. The highest BCUT2D eigenvalue weighted by Crippen LogP contribution is 2.31. The van der Waals surface area contributed by atoms with Gasteiger partial charge in [-0.15, -0.1) is 0 Å². The van der Waals surface area contributed by atoms with Crippen LogP contribution in [0.1, 0.15) is 22.8 Å². The molecule has 0 unspecified atom stereocenters. The molecule has 15 heavy (non-hydrogen) atoms. The highest BCUT2D eigenvalue weighted by Gasteiger charge is 2.11. The van der Waals surface area contributed by atoms with Crippen LogP contribution in [0.15, 0.2) is 30.3 Å². The molecule has 0 saturated heterocycles. The van der Waals surface area contributed by atoms with Crippen molar-refractivity contribution in [3.8, 4) is 5.75 Å². The largest absolute Gasteiger partial charge is 0.507 e. The van der Waals surface area contributed by atoms with Gasteiger partial charge in [0.2, 0.25) is 0 Å². The van der Waals surface area contributed by atoms with E-state index < -0.39 is 0 Å². The van der Waals surface area contributed by atoms with Gasteiger partial charge in [0.25, 0.3) is 0 Å². The zero-order valence-electron chi connectivity index (χ0n) is 8.74. The number of carbonyl (C=O) groups is 1. The molecule has 76 valence electrons. The Morgan fingerprint density at radius 2 is 1.93 bits per heavy atom. The lowest BCUT2D eigenvalue weighted by atomic mass is 9.98. The van der Waals surface area contributed by atoms with E-state index in [2.05, 4.69) is 0 Å². The van der Waals surface area contributed by atoms with E-state index in [-0.39, 0.29) is 11.5 Å². The van der Waals surface area contributed by atoms with E-state index in [1.54, 1.807) is 6.92 Å². The smallest absolute Gasteiger partial charge is 0.160 e. The first-order valence-electron chi connectivity index (χ1n) is 4.83. The van der Waals surface area contributed by atoms with Crippen LogP contribution in [-0.2, 0) is 0 Å². The highest BCUT2D eigenvalue weighted by molar-refractivity contribution is 6.02. The van der Waals surface area contributed by atoms with Crippen molar-refractivity contribution in [2.75, 3.05) is 0 Å². The van der Waals surface area contributed by atoms with Crippen molar-refractivity contribution in [1.82, 2.24) is 0 Å². The Balaban J connectivity index is 2.88. The summed E-state index contributed by atoms with van der Waals surface area (Å²) in [6, 6.07) is 9.32. The maximum Gasteiger partial charge on any atom is 0.160 e. The fourth-order valence-electron chi connectivity index (χ4n) is 1.80. The maximum absolute atomic E-state index is 11.4. The van der Waals surface area contributed by atoms with E-state index >= 15 is 0 Å². The van der Waals surface area contributed by atoms with Crippen molar-refractivity contribution in [2.24, 2.45) is 0 Å². The number of phenols is 1. The van der Waals surface area contributed by atoms with Gasteiger partial charge in [-0.2, -0.15) is 0 Å². The van der Waals surface area contributed by atoms with Crippen molar-refractivity contribution in [3.05, 3.63) is 41.5 Å². The van der Waals surface area contributed by atoms with E-state index in [0.717, 1.165) is 10.8 Å². The second-order valence-corrected chi connectivity index (χ2v) is 3.68. The number of phenolic OH excluding ortho intramolecular Hbond substituents is 1. The summed E-state index contributed by atoms with van der Waals surface area (Å²) in [6.07, 6.45) is 0. The predicted molar refractivity (Wildman–Crippen MR) is 60.4 cm³/mol. The molecule has 0 spiro atoms. The van der Waals surface area contributed by atoms with Crippen molar-refractivity contribution < 1.29 is 9.90 Å². The Morgan fingerprint density at radius 1 is 1.27 bits per heavy atom. The first-order chi connectivity index (χ1) is 7.11. The second kappa shape index (κ2) is 3.39. The molecule has 2 heteroatoms. The quantitative estimate of drug-likeness (QED) is 0.718. The molecule has 0 heterocycles. The lowest BCUT2D eigenvalue weighted by Gasteiger charge is -2.08. The van der Waals surface area contributed by atoms with E-state index in [1.165, 1.54) is 6.92 Å². The van der Waals surface area contributed by atoms with E-state index in [0.29, 0.717) is 11.1 Å². The number of rotatable bonds is 1. The van der Waals surface area contributed by atoms with Crippen LogP contribution in [0, 0.1) is 6.92 Å². The third-order valence-electron chi connectivity index (χ3n) is 2.65. The maximum atomic E-state index is 11.4. The molecule has 0 aromatic heterocycles. The van der Waals surface area contributed by atoms with Crippen LogP contribution in [0.5, 0.6) is 5.75 Å². The zero-order chi connectivity index (χ0) is 11.0. The standard InChI is InChI=1S/C13H12O2/c1-8-12(9(2)14)7-10-5-3-4-6-11(10)13(8)15/h3-7,15H,1-2H3. The third kappa shape index (κ3) is 1.48.